The Labute approximate surface area is 124 Å². The Kier molecular flexibility index (Phi) is 4.87. The van der Waals surface area contributed by atoms with E-state index in [2.05, 4.69) is 34.4 Å². The molecule has 0 aromatic carbocycles. The van der Waals surface area contributed by atoms with Crippen molar-refractivity contribution >= 4 is 17.4 Å². The number of carbonyl (C=O) groups is 1. The smallest absolute Gasteiger partial charge is 0.255 e. The third-order valence-electron chi connectivity index (χ3n) is 2.99. The number of nitrogens with zero attached hydrogens (tertiary/aromatic N) is 2. The van der Waals surface area contributed by atoms with E-state index in [4.69, 9.17) is 0 Å². The lowest BCUT2D eigenvalue weighted by Gasteiger charge is -2.12. The third kappa shape index (κ3) is 4.02. The van der Waals surface area contributed by atoms with Gasteiger partial charge in [-0.15, -0.1) is 0 Å². The van der Waals surface area contributed by atoms with Gasteiger partial charge in [0.2, 0.25) is 0 Å². The normalized spacial score (nSPS) is 10.5. The van der Waals surface area contributed by atoms with Crippen LogP contribution < -0.4 is 10.6 Å². The quantitative estimate of drug-likeness (QED) is 0.884. The first-order chi connectivity index (χ1) is 10.1. The summed E-state index contributed by atoms with van der Waals surface area (Å²) in [5.74, 6) is 0.837. The van der Waals surface area contributed by atoms with Crippen molar-refractivity contribution in [2.75, 3.05) is 17.2 Å². The summed E-state index contributed by atoms with van der Waals surface area (Å²) in [6, 6.07) is 7.12. The first-order valence-corrected chi connectivity index (χ1v) is 7.07. The molecule has 5 heteroatoms. The van der Waals surface area contributed by atoms with Crippen LogP contribution in [0.3, 0.4) is 0 Å². The molecule has 0 saturated heterocycles. The number of pyridine rings is 2. The van der Waals surface area contributed by atoms with E-state index in [-0.39, 0.29) is 11.8 Å². The van der Waals surface area contributed by atoms with Crippen molar-refractivity contribution in [1.82, 2.24) is 9.97 Å². The van der Waals surface area contributed by atoms with Gasteiger partial charge in [-0.2, -0.15) is 0 Å². The molecule has 0 fully saturated rings. The molecular weight excluding hydrogens is 264 g/mol. The van der Waals surface area contributed by atoms with Crippen molar-refractivity contribution in [3.05, 3.63) is 47.9 Å². The summed E-state index contributed by atoms with van der Waals surface area (Å²) in [4.78, 5) is 20.8. The summed E-state index contributed by atoms with van der Waals surface area (Å²) in [6.45, 7) is 6.88. The van der Waals surface area contributed by atoms with Crippen LogP contribution in [0.5, 0.6) is 0 Å². The monoisotopic (exact) mass is 284 g/mol. The van der Waals surface area contributed by atoms with Crippen LogP contribution in [0, 0.1) is 0 Å². The molecule has 2 N–H and O–H groups in total. The van der Waals surface area contributed by atoms with Crippen LogP contribution in [-0.4, -0.2) is 22.4 Å². The van der Waals surface area contributed by atoms with Crippen molar-refractivity contribution < 1.29 is 4.79 Å². The maximum absolute atomic E-state index is 12.4. The number of hydrogen-bond acceptors (Lipinski definition) is 4. The van der Waals surface area contributed by atoms with Crippen molar-refractivity contribution in [3.8, 4) is 0 Å². The van der Waals surface area contributed by atoms with E-state index in [0.29, 0.717) is 5.56 Å². The average molecular weight is 284 g/mol. The van der Waals surface area contributed by atoms with E-state index in [1.807, 2.05) is 13.0 Å². The van der Waals surface area contributed by atoms with Crippen LogP contribution in [0.25, 0.3) is 0 Å². The highest BCUT2D eigenvalue weighted by Crippen LogP contribution is 2.18. The van der Waals surface area contributed by atoms with E-state index in [1.54, 1.807) is 30.6 Å². The highest BCUT2D eigenvalue weighted by molar-refractivity contribution is 6.04. The molecule has 110 valence electrons. The van der Waals surface area contributed by atoms with E-state index in [0.717, 1.165) is 23.7 Å². The number of anilines is 2. The SMILES string of the molecule is CCNc1cc(C(=O)Nc2ccncc2)cc(C(C)C)n1. The van der Waals surface area contributed by atoms with Crippen LogP contribution in [0.15, 0.2) is 36.7 Å². The molecule has 5 nitrogen and oxygen atoms in total. The second kappa shape index (κ2) is 6.83. The number of rotatable bonds is 5. The summed E-state index contributed by atoms with van der Waals surface area (Å²) < 4.78 is 0. The lowest BCUT2D eigenvalue weighted by atomic mass is 10.1. The molecule has 0 aliphatic carbocycles. The van der Waals surface area contributed by atoms with Gasteiger partial charge in [0.25, 0.3) is 5.91 Å². The molecular formula is C16H20N4O. The molecule has 0 radical (unpaired) electrons. The molecule has 21 heavy (non-hydrogen) atoms. The zero-order chi connectivity index (χ0) is 15.2. The molecule has 0 bridgehead atoms. The maximum Gasteiger partial charge on any atom is 0.255 e. The minimum absolute atomic E-state index is 0.148. The van der Waals surface area contributed by atoms with Gasteiger partial charge < -0.3 is 10.6 Å². The molecule has 2 aromatic heterocycles. The summed E-state index contributed by atoms with van der Waals surface area (Å²) in [5, 5.41) is 6.02. The summed E-state index contributed by atoms with van der Waals surface area (Å²) in [7, 11) is 0. The Morgan fingerprint density at radius 1 is 1.24 bits per heavy atom. The Bertz CT molecular complexity index is 611. The number of hydrogen-bond donors (Lipinski definition) is 2. The van der Waals surface area contributed by atoms with Gasteiger partial charge in [0, 0.05) is 35.9 Å². The van der Waals surface area contributed by atoms with Crippen molar-refractivity contribution in [1.29, 1.82) is 0 Å². The molecule has 0 unspecified atom stereocenters. The van der Waals surface area contributed by atoms with Gasteiger partial charge in [-0.1, -0.05) is 13.8 Å². The van der Waals surface area contributed by atoms with Crippen molar-refractivity contribution in [2.24, 2.45) is 0 Å². The van der Waals surface area contributed by atoms with Gasteiger partial charge in [-0.05, 0) is 37.1 Å². The Hall–Kier alpha value is -2.43. The largest absolute Gasteiger partial charge is 0.370 e. The van der Waals surface area contributed by atoms with Gasteiger partial charge in [-0.25, -0.2) is 4.98 Å². The fourth-order valence-electron chi connectivity index (χ4n) is 1.89. The summed E-state index contributed by atoms with van der Waals surface area (Å²) in [6.07, 6.45) is 3.29. The predicted octanol–water partition coefficient (Wildman–Crippen LogP) is 3.28. The number of amides is 1. The molecule has 2 aromatic rings. The lowest BCUT2D eigenvalue weighted by Crippen LogP contribution is -2.14. The molecule has 0 atom stereocenters. The standard InChI is InChI=1S/C16H20N4O/c1-4-18-15-10-12(9-14(20-15)11(2)3)16(21)19-13-5-7-17-8-6-13/h5-11H,4H2,1-3H3,(H,18,20)(H,17,19,21). The fourth-order valence-corrected chi connectivity index (χ4v) is 1.89. The van der Waals surface area contributed by atoms with Crippen LogP contribution in [0.4, 0.5) is 11.5 Å². The number of aromatic nitrogens is 2. The second-order valence-electron chi connectivity index (χ2n) is 5.04. The molecule has 0 spiro atoms. The van der Waals surface area contributed by atoms with Gasteiger partial charge in [0.05, 0.1) is 0 Å². The highest BCUT2D eigenvalue weighted by atomic mass is 16.1. The molecule has 2 heterocycles. The fraction of sp³-hybridized carbons (Fsp3) is 0.312. The van der Waals surface area contributed by atoms with Gasteiger partial charge >= 0.3 is 0 Å². The number of nitrogens with one attached hydrogen (secondary N) is 2. The van der Waals surface area contributed by atoms with E-state index < -0.39 is 0 Å². The van der Waals surface area contributed by atoms with Crippen molar-refractivity contribution in [3.63, 3.8) is 0 Å². The van der Waals surface area contributed by atoms with Gasteiger partial charge in [0.15, 0.2) is 0 Å². The highest BCUT2D eigenvalue weighted by Gasteiger charge is 2.12. The van der Waals surface area contributed by atoms with Crippen LogP contribution in [0.1, 0.15) is 42.7 Å². The Morgan fingerprint density at radius 3 is 2.57 bits per heavy atom. The minimum Gasteiger partial charge on any atom is -0.370 e. The predicted molar refractivity (Wildman–Crippen MR) is 84.7 cm³/mol. The van der Waals surface area contributed by atoms with E-state index in [1.165, 1.54) is 0 Å². The lowest BCUT2D eigenvalue weighted by molar-refractivity contribution is 0.102. The molecule has 1 amide bonds. The zero-order valence-electron chi connectivity index (χ0n) is 12.6. The van der Waals surface area contributed by atoms with E-state index >= 15 is 0 Å². The van der Waals surface area contributed by atoms with Gasteiger partial charge in [0.1, 0.15) is 5.82 Å². The van der Waals surface area contributed by atoms with E-state index in [9.17, 15) is 4.79 Å². The zero-order valence-corrected chi connectivity index (χ0v) is 12.6. The minimum atomic E-state index is -0.148. The molecule has 0 saturated carbocycles. The van der Waals surface area contributed by atoms with Crippen LogP contribution >= 0.6 is 0 Å². The molecule has 2 rings (SSSR count). The van der Waals surface area contributed by atoms with Crippen molar-refractivity contribution in [2.45, 2.75) is 26.7 Å². The maximum atomic E-state index is 12.4. The topological polar surface area (TPSA) is 66.9 Å². The second-order valence-corrected chi connectivity index (χ2v) is 5.04. The first-order valence-electron chi connectivity index (χ1n) is 7.07. The molecule has 0 aliphatic heterocycles. The number of carbonyl (C=O) groups excluding carboxylic acids is 1. The summed E-state index contributed by atoms with van der Waals surface area (Å²) in [5.41, 5.74) is 2.22. The third-order valence-corrected chi connectivity index (χ3v) is 2.99. The van der Waals surface area contributed by atoms with Crippen LogP contribution in [-0.2, 0) is 0 Å². The summed E-state index contributed by atoms with van der Waals surface area (Å²) >= 11 is 0. The Balaban J connectivity index is 2.27. The Morgan fingerprint density at radius 2 is 1.95 bits per heavy atom. The average Bonchev–Trinajstić information content (AvgIpc) is 2.48. The van der Waals surface area contributed by atoms with Gasteiger partial charge in [-0.3, -0.25) is 9.78 Å². The first kappa shape index (κ1) is 15.0. The van der Waals surface area contributed by atoms with Crippen LogP contribution in [0.2, 0.25) is 0 Å². The molecule has 0 aliphatic rings.